The Morgan fingerprint density at radius 1 is 1.11 bits per heavy atom. The van der Waals surface area contributed by atoms with Crippen LogP contribution in [0.4, 0.5) is 0 Å². The van der Waals surface area contributed by atoms with Gasteiger partial charge in [0, 0.05) is 37.8 Å². The number of ether oxygens (including phenoxy) is 2. The SMILES string of the molecule is CN(Cc1ccccc1OCCN1CCOCC1)C1C[C@H]2CC(O)C[C@H]2C1. The van der Waals surface area contributed by atoms with E-state index in [9.17, 15) is 5.11 Å². The molecule has 0 radical (unpaired) electrons. The Kier molecular flexibility index (Phi) is 6.33. The Labute approximate surface area is 163 Å². The van der Waals surface area contributed by atoms with E-state index in [0.717, 1.165) is 76.4 Å². The monoisotopic (exact) mass is 374 g/mol. The van der Waals surface area contributed by atoms with Crippen molar-refractivity contribution in [2.45, 2.75) is 44.4 Å². The van der Waals surface area contributed by atoms with Gasteiger partial charge in [0.15, 0.2) is 0 Å². The topological polar surface area (TPSA) is 45.2 Å². The highest BCUT2D eigenvalue weighted by Crippen LogP contribution is 2.45. The van der Waals surface area contributed by atoms with E-state index < -0.39 is 0 Å². The van der Waals surface area contributed by atoms with Crippen molar-refractivity contribution >= 4 is 0 Å². The van der Waals surface area contributed by atoms with Gasteiger partial charge in [-0.1, -0.05) is 18.2 Å². The molecule has 27 heavy (non-hydrogen) atoms. The third-order valence-corrected chi connectivity index (χ3v) is 6.75. The van der Waals surface area contributed by atoms with Crippen molar-refractivity contribution in [2.75, 3.05) is 46.5 Å². The second-order valence-electron chi connectivity index (χ2n) is 8.60. The van der Waals surface area contributed by atoms with Gasteiger partial charge in [0.25, 0.3) is 0 Å². The highest BCUT2D eigenvalue weighted by Gasteiger charge is 2.42. The van der Waals surface area contributed by atoms with E-state index in [1.807, 2.05) is 0 Å². The molecule has 1 heterocycles. The quantitative estimate of drug-likeness (QED) is 0.794. The number of hydrogen-bond donors (Lipinski definition) is 1. The number of morpholine rings is 1. The molecule has 2 saturated carbocycles. The Morgan fingerprint density at radius 3 is 2.56 bits per heavy atom. The maximum atomic E-state index is 9.87. The zero-order chi connectivity index (χ0) is 18.6. The van der Waals surface area contributed by atoms with Crippen LogP contribution in [0.3, 0.4) is 0 Å². The van der Waals surface area contributed by atoms with E-state index in [-0.39, 0.29) is 6.10 Å². The average molecular weight is 375 g/mol. The van der Waals surface area contributed by atoms with Crippen LogP contribution in [0.2, 0.25) is 0 Å². The lowest BCUT2D eigenvalue weighted by atomic mass is 10.0. The number of benzene rings is 1. The number of para-hydroxylation sites is 1. The van der Waals surface area contributed by atoms with Gasteiger partial charge in [0.1, 0.15) is 12.4 Å². The van der Waals surface area contributed by atoms with Crippen LogP contribution in [0.15, 0.2) is 24.3 Å². The van der Waals surface area contributed by atoms with E-state index >= 15 is 0 Å². The first-order chi connectivity index (χ1) is 13.2. The lowest BCUT2D eigenvalue weighted by Gasteiger charge is -2.27. The third-order valence-electron chi connectivity index (χ3n) is 6.75. The molecule has 1 aliphatic heterocycles. The summed E-state index contributed by atoms with van der Waals surface area (Å²) in [6.07, 6.45) is 4.44. The summed E-state index contributed by atoms with van der Waals surface area (Å²) in [6.45, 7) is 6.30. The van der Waals surface area contributed by atoms with E-state index in [1.165, 1.54) is 18.4 Å². The number of aliphatic hydroxyl groups is 1. The van der Waals surface area contributed by atoms with E-state index in [0.29, 0.717) is 6.04 Å². The summed E-state index contributed by atoms with van der Waals surface area (Å²) in [4.78, 5) is 4.90. The molecule has 0 bridgehead atoms. The Bertz CT molecular complexity index is 591. The van der Waals surface area contributed by atoms with Gasteiger partial charge in [-0.15, -0.1) is 0 Å². The predicted molar refractivity (Wildman–Crippen MR) is 106 cm³/mol. The number of hydrogen-bond acceptors (Lipinski definition) is 5. The molecule has 4 rings (SSSR count). The minimum Gasteiger partial charge on any atom is -0.492 e. The van der Waals surface area contributed by atoms with Crippen molar-refractivity contribution < 1.29 is 14.6 Å². The molecule has 1 N–H and O–H groups in total. The van der Waals surface area contributed by atoms with Crippen LogP contribution in [0.25, 0.3) is 0 Å². The lowest BCUT2D eigenvalue weighted by molar-refractivity contribution is 0.0321. The number of rotatable bonds is 7. The first-order valence-corrected chi connectivity index (χ1v) is 10.6. The average Bonchev–Trinajstić information content (AvgIpc) is 3.21. The Hall–Kier alpha value is -1.14. The van der Waals surface area contributed by atoms with E-state index in [4.69, 9.17) is 9.47 Å². The maximum Gasteiger partial charge on any atom is 0.123 e. The fourth-order valence-electron chi connectivity index (χ4n) is 5.19. The molecule has 0 spiro atoms. The first-order valence-electron chi connectivity index (χ1n) is 10.6. The molecular weight excluding hydrogens is 340 g/mol. The molecule has 0 amide bonds. The molecule has 5 heteroatoms. The van der Waals surface area contributed by atoms with Crippen LogP contribution in [0.1, 0.15) is 31.2 Å². The number of fused-ring (bicyclic) bond motifs is 1. The minimum absolute atomic E-state index is 0.0492. The zero-order valence-corrected chi connectivity index (χ0v) is 16.6. The van der Waals surface area contributed by atoms with Crippen molar-refractivity contribution in [3.05, 3.63) is 29.8 Å². The lowest BCUT2D eigenvalue weighted by Crippen LogP contribution is -2.38. The predicted octanol–water partition coefficient (Wildman–Crippen LogP) is 2.38. The van der Waals surface area contributed by atoms with Gasteiger partial charge >= 0.3 is 0 Å². The first kappa shape index (κ1) is 19.2. The molecule has 5 nitrogen and oxygen atoms in total. The van der Waals surface area contributed by atoms with Crippen molar-refractivity contribution in [1.29, 1.82) is 0 Å². The normalized spacial score (nSPS) is 31.4. The van der Waals surface area contributed by atoms with Crippen LogP contribution < -0.4 is 4.74 Å². The fourth-order valence-corrected chi connectivity index (χ4v) is 5.19. The van der Waals surface area contributed by atoms with Gasteiger partial charge in [0.05, 0.1) is 19.3 Å². The summed E-state index contributed by atoms with van der Waals surface area (Å²) in [5.74, 6) is 2.48. The molecule has 3 aliphatic rings. The molecule has 1 aromatic carbocycles. The second kappa shape index (κ2) is 8.91. The number of nitrogens with zero attached hydrogens (tertiary/aromatic N) is 2. The standard InChI is InChI=1S/C22H34N2O3/c1-23(20-12-18-14-21(25)15-19(18)13-20)16-17-4-2-3-5-22(17)27-11-8-24-6-9-26-10-7-24/h2-5,18-21,25H,6-16H2,1H3/t18-,19+,20?,21?. The van der Waals surface area contributed by atoms with Crippen LogP contribution >= 0.6 is 0 Å². The fraction of sp³-hybridized carbons (Fsp3) is 0.727. The van der Waals surface area contributed by atoms with Gasteiger partial charge < -0.3 is 14.6 Å². The summed E-state index contributed by atoms with van der Waals surface area (Å²) in [5, 5.41) is 9.87. The third kappa shape index (κ3) is 4.83. The van der Waals surface area contributed by atoms with Crippen LogP contribution in [-0.4, -0.2) is 73.6 Å². The second-order valence-corrected chi connectivity index (χ2v) is 8.60. The summed E-state index contributed by atoms with van der Waals surface area (Å²) < 4.78 is 11.6. The van der Waals surface area contributed by atoms with Crippen LogP contribution in [0.5, 0.6) is 5.75 Å². The van der Waals surface area contributed by atoms with E-state index in [2.05, 4.69) is 41.1 Å². The largest absolute Gasteiger partial charge is 0.492 e. The molecular formula is C22H34N2O3. The highest BCUT2D eigenvalue weighted by molar-refractivity contribution is 5.33. The zero-order valence-electron chi connectivity index (χ0n) is 16.6. The van der Waals surface area contributed by atoms with Crippen LogP contribution in [-0.2, 0) is 11.3 Å². The Balaban J connectivity index is 1.28. The minimum atomic E-state index is -0.0492. The molecule has 150 valence electrons. The molecule has 3 fully saturated rings. The molecule has 2 aliphatic carbocycles. The van der Waals surface area contributed by atoms with Crippen molar-refractivity contribution in [2.24, 2.45) is 11.8 Å². The van der Waals surface area contributed by atoms with Gasteiger partial charge in [0.2, 0.25) is 0 Å². The summed E-state index contributed by atoms with van der Waals surface area (Å²) in [5.41, 5.74) is 1.28. The van der Waals surface area contributed by atoms with Crippen molar-refractivity contribution in [1.82, 2.24) is 9.80 Å². The van der Waals surface area contributed by atoms with Crippen LogP contribution in [0, 0.1) is 11.8 Å². The van der Waals surface area contributed by atoms with Gasteiger partial charge in [-0.05, 0) is 50.6 Å². The Morgan fingerprint density at radius 2 is 1.81 bits per heavy atom. The molecule has 2 unspecified atom stereocenters. The maximum absolute atomic E-state index is 9.87. The number of aliphatic hydroxyl groups excluding tert-OH is 1. The smallest absolute Gasteiger partial charge is 0.123 e. The van der Waals surface area contributed by atoms with E-state index in [1.54, 1.807) is 0 Å². The van der Waals surface area contributed by atoms with Gasteiger partial charge in [-0.3, -0.25) is 9.80 Å². The van der Waals surface area contributed by atoms with Gasteiger partial charge in [-0.2, -0.15) is 0 Å². The highest BCUT2D eigenvalue weighted by atomic mass is 16.5. The summed E-state index contributed by atoms with van der Waals surface area (Å²) in [7, 11) is 2.24. The molecule has 1 saturated heterocycles. The molecule has 1 aromatic rings. The molecule has 4 atom stereocenters. The van der Waals surface area contributed by atoms with Crippen molar-refractivity contribution in [3.8, 4) is 5.75 Å². The van der Waals surface area contributed by atoms with Gasteiger partial charge in [-0.25, -0.2) is 0 Å². The van der Waals surface area contributed by atoms with Crippen molar-refractivity contribution in [3.63, 3.8) is 0 Å². The molecule has 0 aromatic heterocycles. The summed E-state index contributed by atoms with van der Waals surface area (Å²) in [6, 6.07) is 9.10. The summed E-state index contributed by atoms with van der Waals surface area (Å²) >= 11 is 0.